The molecule has 7 heteroatoms. The van der Waals surface area contributed by atoms with Crippen LogP contribution >= 0.6 is 15.9 Å². The highest BCUT2D eigenvalue weighted by atomic mass is 79.9. The Morgan fingerprint density at radius 3 is 2.41 bits per heavy atom. The lowest BCUT2D eigenvalue weighted by Gasteiger charge is -2.15. The van der Waals surface area contributed by atoms with Crippen molar-refractivity contribution in [3.63, 3.8) is 0 Å². The summed E-state index contributed by atoms with van der Waals surface area (Å²) >= 11 is 3.42. The summed E-state index contributed by atoms with van der Waals surface area (Å²) in [6.07, 6.45) is 0. The van der Waals surface area contributed by atoms with Crippen molar-refractivity contribution in [3.05, 3.63) is 69.4 Å². The third kappa shape index (κ3) is 7.02. The number of likely N-dealkylation sites (N-methyl/N-ethyl adjacent to an activating group) is 1. The Morgan fingerprint density at radius 2 is 1.78 bits per heavy atom. The summed E-state index contributed by atoms with van der Waals surface area (Å²) in [4.78, 5) is 17.9. The summed E-state index contributed by atoms with van der Waals surface area (Å²) in [5, 5.41) is 6.27. The van der Waals surface area contributed by atoms with Gasteiger partial charge in [0.2, 0.25) is 5.91 Å². The first-order chi connectivity index (χ1) is 12.8. The molecular weight excluding hydrogens is 411 g/mol. The van der Waals surface area contributed by atoms with Gasteiger partial charge in [-0.3, -0.25) is 4.79 Å². The number of hydrogen-bond acceptors (Lipinski definition) is 2. The molecule has 0 atom stereocenters. The molecule has 5 nitrogen and oxygen atoms in total. The van der Waals surface area contributed by atoms with E-state index in [4.69, 9.17) is 0 Å². The fourth-order valence-electron chi connectivity index (χ4n) is 2.26. The van der Waals surface area contributed by atoms with E-state index >= 15 is 0 Å². The van der Waals surface area contributed by atoms with Crippen LogP contribution in [0.1, 0.15) is 16.7 Å². The van der Waals surface area contributed by atoms with E-state index in [1.807, 2.05) is 24.3 Å². The maximum Gasteiger partial charge on any atom is 0.241 e. The second-order valence-electron chi connectivity index (χ2n) is 6.37. The van der Waals surface area contributed by atoms with Crippen LogP contribution in [-0.2, 0) is 17.9 Å². The van der Waals surface area contributed by atoms with Crippen molar-refractivity contribution in [1.82, 2.24) is 15.5 Å². The van der Waals surface area contributed by atoms with Crippen LogP contribution in [0.3, 0.4) is 0 Å². The summed E-state index contributed by atoms with van der Waals surface area (Å²) in [6.45, 7) is 2.81. The smallest absolute Gasteiger partial charge is 0.241 e. The summed E-state index contributed by atoms with van der Waals surface area (Å²) in [5.74, 6) is 0.242. The number of guanidine groups is 1. The molecule has 0 unspecified atom stereocenters. The highest BCUT2D eigenvalue weighted by Crippen LogP contribution is 2.11. The van der Waals surface area contributed by atoms with Crippen molar-refractivity contribution in [3.8, 4) is 0 Å². The maximum atomic E-state index is 13.4. The molecule has 27 heavy (non-hydrogen) atoms. The molecule has 0 saturated heterocycles. The van der Waals surface area contributed by atoms with Crippen molar-refractivity contribution in [2.24, 2.45) is 4.99 Å². The fraction of sp³-hybridized carbons (Fsp3) is 0.300. The Kier molecular flexibility index (Phi) is 7.79. The highest BCUT2D eigenvalue weighted by Gasteiger charge is 2.06. The first kappa shape index (κ1) is 20.9. The monoisotopic (exact) mass is 434 g/mol. The van der Waals surface area contributed by atoms with Gasteiger partial charge in [0.15, 0.2) is 5.96 Å². The molecule has 2 N–H and O–H groups in total. The summed E-state index contributed by atoms with van der Waals surface area (Å²) in [5.41, 5.74) is 2.57. The van der Waals surface area contributed by atoms with Crippen LogP contribution in [0.2, 0.25) is 0 Å². The van der Waals surface area contributed by atoms with Crippen LogP contribution in [0.5, 0.6) is 0 Å². The summed E-state index contributed by atoms with van der Waals surface area (Å²) in [6, 6.07) is 12.9. The molecule has 0 saturated carbocycles. The molecule has 0 radical (unpaired) electrons. The zero-order valence-corrected chi connectivity index (χ0v) is 17.3. The number of aliphatic imine (C=N–C) groups is 1. The number of benzene rings is 2. The normalized spacial score (nSPS) is 11.2. The van der Waals surface area contributed by atoms with Gasteiger partial charge in [-0.2, -0.15) is 0 Å². The molecule has 0 bridgehead atoms. The van der Waals surface area contributed by atoms with Crippen LogP contribution < -0.4 is 10.6 Å². The molecule has 0 aliphatic heterocycles. The van der Waals surface area contributed by atoms with Crippen LogP contribution in [0.25, 0.3) is 0 Å². The predicted molar refractivity (Wildman–Crippen MR) is 110 cm³/mol. The average Bonchev–Trinajstić information content (AvgIpc) is 2.64. The van der Waals surface area contributed by atoms with E-state index < -0.39 is 0 Å². The molecule has 2 aromatic carbocycles. The first-order valence-corrected chi connectivity index (χ1v) is 9.36. The average molecular weight is 435 g/mol. The van der Waals surface area contributed by atoms with Gasteiger partial charge in [0.05, 0.1) is 13.1 Å². The minimum absolute atomic E-state index is 0.0502. The van der Waals surface area contributed by atoms with Crippen molar-refractivity contribution in [1.29, 1.82) is 0 Å². The molecule has 144 valence electrons. The number of halogens is 2. The maximum absolute atomic E-state index is 13.4. The van der Waals surface area contributed by atoms with Crippen molar-refractivity contribution < 1.29 is 9.18 Å². The molecule has 0 aliphatic rings. The third-order valence-electron chi connectivity index (χ3n) is 3.92. The Balaban J connectivity index is 2.05. The van der Waals surface area contributed by atoms with Crippen LogP contribution in [0, 0.1) is 12.7 Å². The largest absolute Gasteiger partial charge is 0.352 e. The molecule has 1 amide bonds. The minimum atomic E-state index is -0.231. The number of aryl methyl sites for hydroxylation is 1. The van der Waals surface area contributed by atoms with Gasteiger partial charge in [0, 0.05) is 25.1 Å². The van der Waals surface area contributed by atoms with Crippen molar-refractivity contribution in [2.45, 2.75) is 20.0 Å². The zero-order chi connectivity index (χ0) is 19.8. The van der Waals surface area contributed by atoms with E-state index in [0.29, 0.717) is 24.6 Å². The van der Waals surface area contributed by atoms with E-state index in [2.05, 4.69) is 31.6 Å². The summed E-state index contributed by atoms with van der Waals surface area (Å²) < 4.78 is 14.4. The van der Waals surface area contributed by atoms with E-state index in [9.17, 15) is 9.18 Å². The quantitative estimate of drug-likeness (QED) is 0.541. The van der Waals surface area contributed by atoms with E-state index in [1.165, 1.54) is 11.0 Å². The lowest BCUT2D eigenvalue weighted by Crippen LogP contribution is -2.42. The molecule has 0 fully saturated rings. The molecular formula is C20H24BrFN4O. The van der Waals surface area contributed by atoms with Gasteiger partial charge in [0.1, 0.15) is 5.82 Å². The first-order valence-electron chi connectivity index (χ1n) is 8.57. The van der Waals surface area contributed by atoms with Gasteiger partial charge >= 0.3 is 0 Å². The molecule has 0 heterocycles. The number of amides is 1. The number of rotatable bonds is 6. The number of carbonyl (C=O) groups excluding carboxylic acids is 1. The Labute approximate surface area is 167 Å². The Morgan fingerprint density at radius 1 is 1.11 bits per heavy atom. The number of nitrogens with one attached hydrogen (secondary N) is 2. The van der Waals surface area contributed by atoms with Gasteiger partial charge in [-0.05, 0) is 41.8 Å². The second-order valence-corrected chi connectivity index (χ2v) is 7.29. The van der Waals surface area contributed by atoms with Crippen LogP contribution in [0.4, 0.5) is 4.39 Å². The lowest BCUT2D eigenvalue weighted by atomic mass is 10.1. The van der Waals surface area contributed by atoms with Gasteiger partial charge < -0.3 is 15.5 Å². The standard InChI is InChI=1S/C20H24BrFN4O/c1-14-10-16(6-9-18(14)22)12-24-20(25-13-19(27)26(2)3)23-11-15-4-7-17(21)8-5-15/h4-10H,11-13H2,1-3H3,(H2,23,24,25). The molecule has 0 spiro atoms. The molecule has 0 aliphatic carbocycles. The fourth-order valence-corrected chi connectivity index (χ4v) is 2.52. The lowest BCUT2D eigenvalue weighted by molar-refractivity contribution is -0.127. The zero-order valence-electron chi connectivity index (χ0n) is 15.7. The van der Waals surface area contributed by atoms with E-state index in [0.717, 1.165) is 15.6 Å². The number of nitrogens with zero attached hydrogens (tertiary/aromatic N) is 2. The van der Waals surface area contributed by atoms with E-state index in [1.54, 1.807) is 33.2 Å². The predicted octanol–water partition coefficient (Wildman–Crippen LogP) is 3.22. The minimum Gasteiger partial charge on any atom is -0.352 e. The topological polar surface area (TPSA) is 56.7 Å². The Hall–Kier alpha value is -2.41. The van der Waals surface area contributed by atoms with Crippen LogP contribution in [0.15, 0.2) is 51.9 Å². The Bertz CT molecular complexity index is 806. The van der Waals surface area contributed by atoms with E-state index in [-0.39, 0.29) is 18.3 Å². The number of carbonyl (C=O) groups is 1. The third-order valence-corrected chi connectivity index (χ3v) is 4.45. The molecule has 2 rings (SSSR count). The van der Waals surface area contributed by atoms with Crippen molar-refractivity contribution >= 4 is 27.8 Å². The second kappa shape index (κ2) is 10.1. The van der Waals surface area contributed by atoms with Gasteiger partial charge in [-0.1, -0.05) is 40.2 Å². The van der Waals surface area contributed by atoms with Gasteiger partial charge in [0.25, 0.3) is 0 Å². The van der Waals surface area contributed by atoms with Crippen molar-refractivity contribution in [2.75, 3.05) is 20.6 Å². The molecule has 2 aromatic rings. The summed E-state index contributed by atoms with van der Waals surface area (Å²) in [7, 11) is 3.41. The van der Waals surface area contributed by atoms with Gasteiger partial charge in [-0.25, -0.2) is 9.38 Å². The SMILES string of the molecule is Cc1cc(CN=C(NCC(=O)N(C)C)NCc2ccc(Br)cc2)ccc1F. The van der Waals surface area contributed by atoms with Gasteiger partial charge in [-0.15, -0.1) is 0 Å². The highest BCUT2D eigenvalue weighted by molar-refractivity contribution is 9.10. The number of hydrogen-bond donors (Lipinski definition) is 2. The molecule has 0 aromatic heterocycles. The van der Waals surface area contributed by atoms with Crippen LogP contribution in [-0.4, -0.2) is 37.4 Å².